The van der Waals surface area contributed by atoms with E-state index in [1.165, 1.54) is 0 Å². The van der Waals surface area contributed by atoms with Crippen molar-refractivity contribution in [2.24, 2.45) is 0 Å². The predicted molar refractivity (Wildman–Crippen MR) is 78.7 cm³/mol. The second-order valence-electron chi connectivity index (χ2n) is 4.30. The zero-order valence-corrected chi connectivity index (χ0v) is 12.8. The number of carbonyl (C=O) groups is 1. The number of piperazine rings is 1. The van der Waals surface area contributed by atoms with Gasteiger partial charge in [-0.1, -0.05) is 27.5 Å². The second-order valence-corrected chi connectivity index (χ2v) is 5.63. The molecule has 1 aromatic carbocycles. The molecule has 1 N–H and O–H groups in total. The van der Waals surface area contributed by atoms with Gasteiger partial charge in [0.2, 0.25) is 5.91 Å². The molecule has 0 bridgehead atoms. The monoisotopic (exact) mass is 346 g/mol. The normalized spacial score (nSPS) is 15.4. The molecule has 2 rings (SSSR count). The maximum atomic E-state index is 11.9. The lowest BCUT2D eigenvalue weighted by Crippen LogP contribution is -2.46. The van der Waals surface area contributed by atoms with E-state index in [1.807, 2.05) is 11.0 Å². The highest BCUT2D eigenvalue weighted by Gasteiger charge is 2.15. The Morgan fingerprint density at radius 2 is 2.16 bits per heavy atom. The quantitative estimate of drug-likeness (QED) is 0.909. The average molecular weight is 348 g/mol. The minimum atomic E-state index is 0.132. The van der Waals surface area contributed by atoms with Crippen LogP contribution in [0.15, 0.2) is 22.7 Å². The summed E-state index contributed by atoms with van der Waals surface area (Å²) >= 11 is 9.37. The summed E-state index contributed by atoms with van der Waals surface area (Å²) in [6.45, 7) is 3.62. The molecule has 1 fully saturated rings. The van der Waals surface area contributed by atoms with Gasteiger partial charge in [0.25, 0.3) is 0 Å². The smallest absolute Gasteiger partial charge is 0.226 e. The summed E-state index contributed by atoms with van der Waals surface area (Å²) in [4.78, 5) is 13.8. The van der Waals surface area contributed by atoms with Gasteiger partial charge in [-0.15, -0.1) is 0 Å². The number of halogens is 2. The highest BCUT2D eigenvalue weighted by molar-refractivity contribution is 9.10. The summed E-state index contributed by atoms with van der Waals surface area (Å²) in [5.41, 5.74) is 0. The molecule has 0 spiro atoms. The van der Waals surface area contributed by atoms with Crippen LogP contribution in [0.5, 0.6) is 5.75 Å². The van der Waals surface area contributed by atoms with E-state index in [0.717, 1.165) is 30.7 Å². The van der Waals surface area contributed by atoms with Crippen LogP contribution in [0.4, 0.5) is 0 Å². The molecule has 0 aromatic heterocycles. The number of nitrogens with zero attached hydrogens (tertiary/aromatic N) is 1. The molecule has 0 saturated carbocycles. The molecule has 0 aliphatic carbocycles. The topological polar surface area (TPSA) is 41.6 Å². The number of carbonyl (C=O) groups excluding carboxylic acids is 1. The Morgan fingerprint density at radius 3 is 2.89 bits per heavy atom. The van der Waals surface area contributed by atoms with E-state index < -0.39 is 0 Å². The van der Waals surface area contributed by atoms with E-state index in [0.29, 0.717) is 23.8 Å². The van der Waals surface area contributed by atoms with Gasteiger partial charge in [0.15, 0.2) is 0 Å². The highest BCUT2D eigenvalue weighted by atomic mass is 79.9. The van der Waals surface area contributed by atoms with E-state index >= 15 is 0 Å². The SMILES string of the molecule is O=C(CCOc1cc(Br)ccc1Cl)N1CCNCC1. The number of amides is 1. The van der Waals surface area contributed by atoms with Crippen LogP contribution in [0.2, 0.25) is 5.02 Å². The summed E-state index contributed by atoms with van der Waals surface area (Å²) < 4.78 is 6.46. The molecule has 1 aromatic rings. The largest absolute Gasteiger partial charge is 0.491 e. The fourth-order valence-electron chi connectivity index (χ4n) is 1.91. The van der Waals surface area contributed by atoms with E-state index in [9.17, 15) is 4.79 Å². The first-order valence-corrected chi connectivity index (χ1v) is 7.40. The zero-order valence-electron chi connectivity index (χ0n) is 10.5. The Bertz CT molecular complexity index is 450. The Hall–Kier alpha value is -0.780. The molecule has 1 aliphatic heterocycles. The molecule has 1 amide bonds. The molecule has 19 heavy (non-hydrogen) atoms. The molecule has 1 aliphatic rings. The van der Waals surface area contributed by atoms with E-state index in [1.54, 1.807) is 12.1 Å². The lowest BCUT2D eigenvalue weighted by atomic mass is 10.3. The summed E-state index contributed by atoms with van der Waals surface area (Å²) in [6, 6.07) is 5.41. The summed E-state index contributed by atoms with van der Waals surface area (Å²) in [5, 5.41) is 3.77. The first-order valence-electron chi connectivity index (χ1n) is 6.23. The third-order valence-corrected chi connectivity index (χ3v) is 3.74. The highest BCUT2D eigenvalue weighted by Crippen LogP contribution is 2.27. The Balaban J connectivity index is 1.79. The van der Waals surface area contributed by atoms with Crippen molar-refractivity contribution in [3.8, 4) is 5.75 Å². The van der Waals surface area contributed by atoms with Crippen LogP contribution in [0.3, 0.4) is 0 Å². The first kappa shape index (κ1) is 14.6. The van der Waals surface area contributed by atoms with Crippen molar-refractivity contribution in [2.75, 3.05) is 32.8 Å². The lowest BCUT2D eigenvalue weighted by Gasteiger charge is -2.27. The number of benzene rings is 1. The van der Waals surface area contributed by atoms with Crippen molar-refractivity contribution in [1.29, 1.82) is 0 Å². The maximum absolute atomic E-state index is 11.9. The van der Waals surface area contributed by atoms with Gasteiger partial charge in [0.1, 0.15) is 5.75 Å². The van der Waals surface area contributed by atoms with Crippen molar-refractivity contribution >= 4 is 33.4 Å². The summed E-state index contributed by atoms with van der Waals surface area (Å²) in [7, 11) is 0. The van der Waals surface area contributed by atoms with Crippen molar-refractivity contribution in [3.05, 3.63) is 27.7 Å². The van der Waals surface area contributed by atoms with Crippen LogP contribution in [0.1, 0.15) is 6.42 Å². The fraction of sp³-hybridized carbons (Fsp3) is 0.462. The minimum absolute atomic E-state index is 0.132. The van der Waals surface area contributed by atoms with E-state index in [2.05, 4.69) is 21.2 Å². The number of ether oxygens (including phenoxy) is 1. The van der Waals surface area contributed by atoms with E-state index in [-0.39, 0.29) is 5.91 Å². The molecule has 0 unspecified atom stereocenters. The molecular formula is C13H16BrClN2O2. The Labute approximate surface area is 126 Å². The minimum Gasteiger partial charge on any atom is -0.491 e. The molecule has 4 nitrogen and oxygen atoms in total. The number of rotatable bonds is 4. The van der Waals surface area contributed by atoms with Crippen LogP contribution in [0, 0.1) is 0 Å². The number of hydrogen-bond acceptors (Lipinski definition) is 3. The van der Waals surface area contributed by atoms with Crippen molar-refractivity contribution in [1.82, 2.24) is 10.2 Å². The van der Waals surface area contributed by atoms with Gasteiger partial charge >= 0.3 is 0 Å². The van der Waals surface area contributed by atoms with Crippen molar-refractivity contribution in [2.45, 2.75) is 6.42 Å². The van der Waals surface area contributed by atoms with Gasteiger partial charge in [-0.3, -0.25) is 4.79 Å². The van der Waals surface area contributed by atoms with Crippen LogP contribution in [0.25, 0.3) is 0 Å². The van der Waals surface area contributed by atoms with Gasteiger partial charge in [0.05, 0.1) is 18.1 Å². The Morgan fingerprint density at radius 1 is 1.42 bits per heavy atom. The van der Waals surface area contributed by atoms with Gasteiger partial charge < -0.3 is 15.0 Å². The zero-order chi connectivity index (χ0) is 13.7. The Kier molecular flexibility index (Phi) is 5.48. The third kappa shape index (κ3) is 4.37. The van der Waals surface area contributed by atoms with E-state index in [4.69, 9.17) is 16.3 Å². The molecule has 6 heteroatoms. The fourth-order valence-corrected chi connectivity index (χ4v) is 2.42. The first-order chi connectivity index (χ1) is 9.16. The molecule has 1 saturated heterocycles. The van der Waals surface area contributed by atoms with Gasteiger partial charge in [-0.05, 0) is 18.2 Å². The maximum Gasteiger partial charge on any atom is 0.226 e. The third-order valence-electron chi connectivity index (χ3n) is 2.94. The van der Waals surface area contributed by atoms with Crippen LogP contribution in [-0.4, -0.2) is 43.6 Å². The molecule has 0 radical (unpaired) electrons. The summed E-state index contributed by atoms with van der Waals surface area (Å²) in [5.74, 6) is 0.733. The van der Waals surface area contributed by atoms with Crippen LogP contribution in [-0.2, 0) is 4.79 Å². The standard InChI is InChI=1S/C13H16BrClN2O2/c14-10-1-2-11(15)12(9-10)19-8-3-13(18)17-6-4-16-5-7-17/h1-2,9,16H,3-8H2. The van der Waals surface area contributed by atoms with Gasteiger partial charge in [-0.25, -0.2) is 0 Å². The summed E-state index contributed by atoms with van der Waals surface area (Å²) in [6.07, 6.45) is 0.378. The molecule has 0 atom stereocenters. The predicted octanol–water partition coefficient (Wildman–Crippen LogP) is 2.30. The number of hydrogen-bond donors (Lipinski definition) is 1. The molecule has 104 valence electrons. The van der Waals surface area contributed by atoms with Crippen molar-refractivity contribution < 1.29 is 9.53 Å². The molecular weight excluding hydrogens is 332 g/mol. The van der Waals surface area contributed by atoms with Crippen LogP contribution >= 0.6 is 27.5 Å². The van der Waals surface area contributed by atoms with Gasteiger partial charge in [0, 0.05) is 30.7 Å². The van der Waals surface area contributed by atoms with Gasteiger partial charge in [-0.2, -0.15) is 0 Å². The average Bonchev–Trinajstić information content (AvgIpc) is 2.43. The lowest BCUT2D eigenvalue weighted by molar-refractivity contribution is -0.132. The second kappa shape index (κ2) is 7.12. The number of nitrogens with one attached hydrogen (secondary N) is 1. The molecule has 1 heterocycles. The van der Waals surface area contributed by atoms with Crippen molar-refractivity contribution in [3.63, 3.8) is 0 Å². The van der Waals surface area contributed by atoms with Crippen LogP contribution < -0.4 is 10.1 Å².